The second-order valence-electron chi connectivity index (χ2n) is 5.09. The molecule has 1 aliphatic heterocycles. The van der Waals surface area contributed by atoms with Gasteiger partial charge in [-0.1, -0.05) is 0 Å². The number of pyridine rings is 1. The highest BCUT2D eigenvalue weighted by Crippen LogP contribution is 2.15. The van der Waals surface area contributed by atoms with E-state index in [-0.39, 0.29) is 0 Å². The summed E-state index contributed by atoms with van der Waals surface area (Å²) in [4.78, 5) is 6.38. The zero-order valence-electron chi connectivity index (χ0n) is 11.1. The van der Waals surface area contributed by atoms with Crippen LogP contribution in [0.5, 0.6) is 0 Å². The Morgan fingerprint density at radius 1 is 1.61 bits per heavy atom. The van der Waals surface area contributed by atoms with Crippen molar-refractivity contribution in [3.63, 3.8) is 0 Å². The van der Waals surface area contributed by atoms with Crippen LogP contribution in [-0.4, -0.2) is 35.6 Å². The second-order valence-corrected chi connectivity index (χ2v) is 5.09. The van der Waals surface area contributed by atoms with E-state index in [1.807, 2.05) is 12.1 Å². The van der Waals surface area contributed by atoms with E-state index in [9.17, 15) is 0 Å². The lowest BCUT2D eigenvalue weighted by atomic mass is 9.99. The van der Waals surface area contributed by atoms with Crippen LogP contribution >= 0.6 is 0 Å². The Hall–Kier alpha value is -1.44. The largest absolute Gasteiger partial charge is 0.310 e. The molecule has 0 saturated carbocycles. The normalized spacial score (nSPS) is 24.7. The van der Waals surface area contributed by atoms with Crippen molar-refractivity contribution in [1.29, 1.82) is 5.26 Å². The number of nitrogens with one attached hydrogen (secondary N) is 1. The maximum Gasteiger partial charge on any atom is 0.140 e. The van der Waals surface area contributed by atoms with Gasteiger partial charge in [0.25, 0.3) is 0 Å². The number of nitriles is 1. The predicted octanol–water partition coefficient (Wildman–Crippen LogP) is 1.53. The molecule has 2 rings (SSSR count). The third-order valence-corrected chi connectivity index (χ3v) is 3.74. The number of aromatic nitrogens is 1. The van der Waals surface area contributed by atoms with Crippen LogP contribution in [0.25, 0.3) is 0 Å². The summed E-state index contributed by atoms with van der Waals surface area (Å²) in [5.41, 5.74) is 1.62. The lowest BCUT2D eigenvalue weighted by molar-refractivity contribution is 0.168. The van der Waals surface area contributed by atoms with E-state index < -0.39 is 0 Å². The Kier molecular flexibility index (Phi) is 4.29. The summed E-state index contributed by atoms with van der Waals surface area (Å²) in [5.74, 6) is 0. The minimum absolute atomic E-state index is 0.492. The van der Waals surface area contributed by atoms with Crippen molar-refractivity contribution < 1.29 is 0 Å². The second kappa shape index (κ2) is 5.94. The van der Waals surface area contributed by atoms with Crippen molar-refractivity contribution in [1.82, 2.24) is 15.2 Å². The molecule has 0 radical (unpaired) electrons. The molecule has 4 heteroatoms. The van der Waals surface area contributed by atoms with E-state index in [0.717, 1.165) is 18.7 Å². The van der Waals surface area contributed by atoms with Crippen LogP contribution in [0.1, 0.15) is 31.0 Å². The fraction of sp³-hybridized carbons (Fsp3) is 0.571. The standard InChI is InChI=1S/C14H20N4/c1-11-7-13(4-6-18(11)2)17-10-12-3-5-16-14(8-12)9-15/h3,5,8,11,13,17H,4,6-7,10H2,1-2H3. The number of rotatable bonds is 3. The fourth-order valence-corrected chi connectivity index (χ4v) is 2.38. The lowest BCUT2D eigenvalue weighted by Gasteiger charge is -2.35. The highest BCUT2D eigenvalue weighted by atomic mass is 15.1. The van der Waals surface area contributed by atoms with E-state index in [2.05, 4.69) is 35.2 Å². The summed E-state index contributed by atoms with van der Waals surface area (Å²) in [6.45, 7) is 4.24. The number of nitrogens with zero attached hydrogens (tertiary/aromatic N) is 3. The first-order chi connectivity index (χ1) is 8.69. The molecule has 18 heavy (non-hydrogen) atoms. The van der Waals surface area contributed by atoms with Crippen LogP contribution in [-0.2, 0) is 6.54 Å². The van der Waals surface area contributed by atoms with Gasteiger partial charge in [-0.2, -0.15) is 5.26 Å². The highest BCUT2D eigenvalue weighted by molar-refractivity contribution is 5.25. The van der Waals surface area contributed by atoms with E-state index in [0.29, 0.717) is 17.8 Å². The summed E-state index contributed by atoms with van der Waals surface area (Å²) < 4.78 is 0. The minimum Gasteiger partial charge on any atom is -0.310 e. The summed E-state index contributed by atoms with van der Waals surface area (Å²) in [6, 6.07) is 7.11. The summed E-state index contributed by atoms with van der Waals surface area (Å²) in [7, 11) is 2.18. The molecule has 96 valence electrons. The van der Waals surface area contributed by atoms with Crippen molar-refractivity contribution in [3.8, 4) is 6.07 Å². The van der Waals surface area contributed by atoms with Crippen molar-refractivity contribution in [2.75, 3.05) is 13.6 Å². The summed E-state index contributed by atoms with van der Waals surface area (Å²) in [5, 5.41) is 12.4. The molecule has 4 nitrogen and oxygen atoms in total. The molecule has 0 aliphatic carbocycles. The smallest absolute Gasteiger partial charge is 0.140 e. The zero-order valence-corrected chi connectivity index (χ0v) is 11.1. The SMILES string of the molecule is CC1CC(NCc2ccnc(C#N)c2)CCN1C. The van der Waals surface area contributed by atoms with Crippen molar-refractivity contribution in [2.24, 2.45) is 0 Å². The summed E-state index contributed by atoms with van der Waals surface area (Å²) in [6.07, 6.45) is 4.08. The van der Waals surface area contributed by atoms with Gasteiger partial charge in [0.2, 0.25) is 0 Å². The van der Waals surface area contributed by atoms with E-state index in [1.165, 1.54) is 12.8 Å². The van der Waals surface area contributed by atoms with Crippen molar-refractivity contribution in [2.45, 2.75) is 38.4 Å². The number of piperidine rings is 1. The Balaban J connectivity index is 1.86. The van der Waals surface area contributed by atoms with Gasteiger partial charge >= 0.3 is 0 Å². The van der Waals surface area contributed by atoms with Gasteiger partial charge in [0.15, 0.2) is 0 Å². The molecule has 1 saturated heterocycles. The average Bonchev–Trinajstić information content (AvgIpc) is 2.40. The Morgan fingerprint density at radius 2 is 2.44 bits per heavy atom. The molecule has 2 heterocycles. The maximum atomic E-state index is 8.80. The minimum atomic E-state index is 0.492. The molecular weight excluding hydrogens is 224 g/mol. The number of hydrogen-bond acceptors (Lipinski definition) is 4. The highest BCUT2D eigenvalue weighted by Gasteiger charge is 2.21. The number of likely N-dealkylation sites (tertiary alicyclic amines) is 1. The van der Waals surface area contributed by atoms with Crippen LogP contribution < -0.4 is 5.32 Å². The monoisotopic (exact) mass is 244 g/mol. The Labute approximate surface area is 109 Å². The van der Waals surface area contributed by atoms with Crippen LogP contribution in [0.2, 0.25) is 0 Å². The number of hydrogen-bond donors (Lipinski definition) is 1. The van der Waals surface area contributed by atoms with Crippen LogP contribution in [0.4, 0.5) is 0 Å². The predicted molar refractivity (Wildman–Crippen MR) is 70.9 cm³/mol. The van der Waals surface area contributed by atoms with Crippen molar-refractivity contribution >= 4 is 0 Å². The van der Waals surface area contributed by atoms with Gasteiger partial charge in [0.05, 0.1) is 0 Å². The summed E-state index contributed by atoms with van der Waals surface area (Å²) >= 11 is 0. The first-order valence-electron chi connectivity index (χ1n) is 6.47. The Morgan fingerprint density at radius 3 is 3.17 bits per heavy atom. The molecule has 2 unspecified atom stereocenters. The van der Waals surface area contributed by atoms with E-state index in [4.69, 9.17) is 5.26 Å². The third kappa shape index (κ3) is 3.28. The van der Waals surface area contributed by atoms with Crippen LogP contribution in [0, 0.1) is 11.3 Å². The first kappa shape index (κ1) is 13.0. The molecule has 1 aliphatic rings. The van der Waals surface area contributed by atoms with Crippen LogP contribution in [0.3, 0.4) is 0 Å². The average molecular weight is 244 g/mol. The topological polar surface area (TPSA) is 52.0 Å². The molecule has 0 amide bonds. The van der Waals surface area contributed by atoms with E-state index >= 15 is 0 Å². The van der Waals surface area contributed by atoms with Gasteiger partial charge in [0.1, 0.15) is 11.8 Å². The molecule has 0 bridgehead atoms. The molecule has 1 aromatic rings. The zero-order chi connectivity index (χ0) is 13.0. The Bertz CT molecular complexity index is 438. The maximum absolute atomic E-state index is 8.80. The molecule has 1 aromatic heterocycles. The van der Waals surface area contributed by atoms with Gasteiger partial charge in [0, 0.05) is 24.8 Å². The van der Waals surface area contributed by atoms with Gasteiger partial charge in [-0.15, -0.1) is 0 Å². The van der Waals surface area contributed by atoms with Gasteiger partial charge in [-0.3, -0.25) is 0 Å². The molecule has 0 aromatic carbocycles. The molecule has 1 fully saturated rings. The molecule has 1 N–H and O–H groups in total. The molecular formula is C14H20N4. The molecule has 0 spiro atoms. The van der Waals surface area contributed by atoms with E-state index in [1.54, 1.807) is 6.20 Å². The fourth-order valence-electron chi connectivity index (χ4n) is 2.38. The van der Waals surface area contributed by atoms with Gasteiger partial charge in [-0.05, 0) is 51.1 Å². The van der Waals surface area contributed by atoms with Crippen LogP contribution in [0.15, 0.2) is 18.3 Å². The lowest BCUT2D eigenvalue weighted by Crippen LogP contribution is -2.45. The molecule has 2 atom stereocenters. The first-order valence-corrected chi connectivity index (χ1v) is 6.47. The van der Waals surface area contributed by atoms with Crippen molar-refractivity contribution in [3.05, 3.63) is 29.6 Å². The quantitative estimate of drug-likeness (QED) is 0.876. The van der Waals surface area contributed by atoms with Gasteiger partial charge in [-0.25, -0.2) is 4.98 Å². The van der Waals surface area contributed by atoms with Gasteiger partial charge < -0.3 is 10.2 Å². The third-order valence-electron chi connectivity index (χ3n) is 3.74.